The van der Waals surface area contributed by atoms with Crippen molar-refractivity contribution < 1.29 is 17.9 Å². The van der Waals surface area contributed by atoms with E-state index in [2.05, 4.69) is 21.8 Å². The van der Waals surface area contributed by atoms with Gasteiger partial charge in [0.25, 0.3) is 0 Å². The third-order valence-corrected chi connectivity index (χ3v) is 4.25. The number of alkyl halides is 3. The van der Waals surface area contributed by atoms with Crippen molar-refractivity contribution in [2.45, 2.75) is 18.2 Å². The summed E-state index contributed by atoms with van der Waals surface area (Å²) in [6.45, 7) is 1.70. The summed E-state index contributed by atoms with van der Waals surface area (Å²) in [6, 6.07) is 16.5. The minimum Gasteiger partial charge on any atom is -0.406 e. The van der Waals surface area contributed by atoms with Crippen LogP contribution in [0.4, 0.5) is 13.2 Å². The van der Waals surface area contributed by atoms with Crippen LogP contribution in [0.15, 0.2) is 54.6 Å². The smallest absolute Gasteiger partial charge is 0.406 e. The lowest BCUT2D eigenvalue weighted by Gasteiger charge is -2.20. The molecule has 0 saturated carbocycles. The Balaban J connectivity index is 1.89. The van der Waals surface area contributed by atoms with Gasteiger partial charge in [0.05, 0.1) is 0 Å². The van der Waals surface area contributed by atoms with Gasteiger partial charge in [-0.2, -0.15) is 0 Å². The molecule has 0 radical (unpaired) electrons. The Morgan fingerprint density at radius 2 is 1.52 bits per heavy atom. The first-order valence-electron chi connectivity index (χ1n) is 7.51. The highest BCUT2D eigenvalue weighted by Crippen LogP contribution is 2.40. The normalized spacial score (nSPS) is 22.3. The summed E-state index contributed by atoms with van der Waals surface area (Å²) in [7, 11) is 2.03. The zero-order valence-corrected chi connectivity index (χ0v) is 12.8. The summed E-state index contributed by atoms with van der Waals surface area (Å²) in [5.41, 5.74) is 2.09. The summed E-state index contributed by atoms with van der Waals surface area (Å²) < 4.78 is 41.3. The molecular formula is C18H18F3NO. The second-order valence-corrected chi connectivity index (χ2v) is 5.97. The number of halogens is 3. The van der Waals surface area contributed by atoms with Crippen molar-refractivity contribution in [1.82, 2.24) is 4.90 Å². The number of rotatable bonds is 3. The molecule has 2 nitrogen and oxygen atoms in total. The molecule has 23 heavy (non-hydrogen) atoms. The third-order valence-electron chi connectivity index (χ3n) is 4.25. The molecule has 1 saturated heterocycles. The van der Waals surface area contributed by atoms with Crippen molar-refractivity contribution in [2.24, 2.45) is 0 Å². The van der Waals surface area contributed by atoms with E-state index in [1.807, 2.05) is 31.3 Å². The van der Waals surface area contributed by atoms with Crippen LogP contribution in [-0.4, -0.2) is 31.4 Å². The number of likely N-dealkylation sites (tertiary alicyclic amines) is 1. The molecule has 2 aromatic carbocycles. The van der Waals surface area contributed by atoms with Crippen molar-refractivity contribution in [3.63, 3.8) is 0 Å². The number of likely N-dealkylation sites (N-methyl/N-ethyl adjacent to an activating group) is 1. The minimum atomic E-state index is -4.66. The molecule has 2 atom stereocenters. The van der Waals surface area contributed by atoms with Crippen LogP contribution >= 0.6 is 0 Å². The lowest BCUT2D eigenvalue weighted by molar-refractivity contribution is -0.274. The molecule has 1 aliphatic heterocycles. The molecule has 1 fully saturated rings. The monoisotopic (exact) mass is 321 g/mol. The molecule has 2 aromatic rings. The van der Waals surface area contributed by atoms with Crippen molar-refractivity contribution >= 4 is 0 Å². The molecular weight excluding hydrogens is 303 g/mol. The van der Waals surface area contributed by atoms with Gasteiger partial charge in [0.1, 0.15) is 5.75 Å². The number of hydrogen-bond donors (Lipinski definition) is 0. The molecule has 3 rings (SSSR count). The summed E-state index contributed by atoms with van der Waals surface area (Å²) in [5.74, 6) is 0.262. The number of hydrogen-bond acceptors (Lipinski definition) is 2. The fourth-order valence-electron chi connectivity index (χ4n) is 3.32. The van der Waals surface area contributed by atoms with Gasteiger partial charge in [-0.25, -0.2) is 0 Å². The van der Waals surface area contributed by atoms with E-state index in [4.69, 9.17) is 0 Å². The van der Waals surface area contributed by atoms with Crippen LogP contribution in [0.25, 0.3) is 0 Å². The first-order valence-corrected chi connectivity index (χ1v) is 7.51. The van der Waals surface area contributed by atoms with Crippen LogP contribution in [-0.2, 0) is 0 Å². The van der Waals surface area contributed by atoms with Crippen molar-refractivity contribution in [1.29, 1.82) is 0 Å². The predicted molar refractivity (Wildman–Crippen MR) is 82.5 cm³/mol. The van der Waals surface area contributed by atoms with Crippen molar-refractivity contribution in [2.75, 3.05) is 20.1 Å². The second-order valence-electron chi connectivity index (χ2n) is 5.97. The molecule has 0 amide bonds. The third kappa shape index (κ3) is 3.85. The van der Waals surface area contributed by atoms with Gasteiger partial charge in [-0.1, -0.05) is 42.5 Å². The topological polar surface area (TPSA) is 12.5 Å². The van der Waals surface area contributed by atoms with E-state index >= 15 is 0 Å². The minimum absolute atomic E-state index is 0.152. The highest BCUT2D eigenvalue weighted by atomic mass is 19.4. The predicted octanol–water partition coefficient (Wildman–Crippen LogP) is 4.40. The molecule has 0 aromatic heterocycles. The maximum absolute atomic E-state index is 12.4. The molecule has 2 unspecified atom stereocenters. The Kier molecular flexibility index (Phi) is 4.31. The summed E-state index contributed by atoms with van der Waals surface area (Å²) in [5, 5.41) is 0. The first kappa shape index (κ1) is 15.9. The van der Waals surface area contributed by atoms with Gasteiger partial charge in [-0.15, -0.1) is 13.2 Å². The molecule has 5 heteroatoms. The quantitative estimate of drug-likeness (QED) is 0.831. The average Bonchev–Trinajstić information content (AvgIpc) is 2.89. The van der Waals surface area contributed by atoms with Crippen molar-refractivity contribution in [3.05, 3.63) is 65.7 Å². The van der Waals surface area contributed by atoms with Gasteiger partial charge in [-0.3, -0.25) is 0 Å². The molecule has 1 heterocycles. The van der Waals surface area contributed by atoms with E-state index in [1.165, 1.54) is 17.7 Å². The second kappa shape index (κ2) is 6.24. The van der Waals surface area contributed by atoms with Gasteiger partial charge in [0, 0.05) is 24.9 Å². The Labute approximate surface area is 133 Å². The van der Waals surface area contributed by atoms with Crippen LogP contribution in [0.1, 0.15) is 23.0 Å². The lowest BCUT2D eigenvalue weighted by Crippen LogP contribution is -2.17. The Bertz CT molecular complexity index is 657. The highest BCUT2D eigenvalue weighted by Gasteiger charge is 2.34. The van der Waals surface area contributed by atoms with E-state index in [9.17, 15) is 13.2 Å². The lowest BCUT2D eigenvalue weighted by atomic mass is 9.84. The van der Waals surface area contributed by atoms with Gasteiger partial charge < -0.3 is 9.64 Å². The Morgan fingerprint density at radius 3 is 2.17 bits per heavy atom. The zero-order valence-electron chi connectivity index (χ0n) is 12.8. The molecule has 0 aliphatic carbocycles. The number of nitrogens with zero attached hydrogens (tertiary/aromatic N) is 1. The molecule has 0 N–H and O–H groups in total. The van der Waals surface area contributed by atoms with Gasteiger partial charge in [0.15, 0.2) is 0 Å². The standard InChI is InChI=1S/C18H18F3NO/c1-22-11-16(13-6-3-2-4-7-13)17(12-22)14-8-5-9-15(10-14)23-18(19,20)21/h2-10,16-17H,11-12H2,1H3. The van der Waals surface area contributed by atoms with Crippen LogP contribution in [0.3, 0.4) is 0 Å². The fraction of sp³-hybridized carbons (Fsp3) is 0.333. The number of ether oxygens (including phenoxy) is 1. The van der Waals surface area contributed by atoms with Gasteiger partial charge >= 0.3 is 6.36 Å². The average molecular weight is 321 g/mol. The van der Waals surface area contributed by atoms with Crippen LogP contribution in [0.5, 0.6) is 5.75 Å². The van der Waals surface area contributed by atoms with Crippen molar-refractivity contribution in [3.8, 4) is 5.75 Å². The molecule has 1 aliphatic rings. The molecule has 0 bridgehead atoms. The largest absolute Gasteiger partial charge is 0.573 e. The summed E-state index contributed by atoms with van der Waals surface area (Å²) in [6.07, 6.45) is -4.66. The SMILES string of the molecule is CN1CC(c2ccccc2)C(c2cccc(OC(F)(F)F)c2)C1. The molecule has 0 spiro atoms. The van der Waals surface area contributed by atoms with Crippen LogP contribution < -0.4 is 4.74 Å². The van der Waals surface area contributed by atoms with E-state index in [1.54, 1.807) is 6.07 Å². The van der Waals surface area contributed by atoms with Gasteiger partial charge in [0.2, 0.25) is 0 Å². The Hall–Kier alpha value is -2.01. The summed E-state index contributed by atoms with van der Waals surface area (Å²) in [4.78, 5) is 2.21. The van der Waals surface area contributed by atoms with E-state index in [-0.39, 0.29) is 17.6 Å². The van der Waals surface area contributed by atoms with E-state index in [0.29, 0.717) is 0 Å². The number of benzene rings is 2. The molecule has 122 valence electrons. The van der Waals surface area contributed by atoms with Crippen LogP contribution in [0, 0.1) is 0 Å². The van der Waals surface area contributed by atoms with E-state index in [0.717, 1.165) is 18.7 Å². The Morgan fingerprint density at radius 1 is 0.913 bits per heavy atom. The fourth-order valence-corrected chi connectivity index (χ4v) is 3.32. The van der Waals surface area contributed by atoms with Gasteiger partial charge in [-0.05, 0) is 30.3 Å². The zero-order chi connectivity index (χ0) is 16.4. The maximum atomic E-state index is 12.4. The first-order chi connectivity index (χ1) is 10.9. The summed E-state index contributed by atoms with van der Waals surface area (Å²) >= 11 is 0. The highest BCUT2D eigenvalue weighted by molar-refractivity contribution is 5.36. The van der Waals surface area contributed by atoms with Crippen LogP contribution in [0.2, 0.25) is 0 Å². The van der Waals surface area contributed by atoms with E-state index < -0.39 is 6.36 Å². The maximum Gasteiger partial charge on any atom is 0.573 e.